The van der Waals surface area contributed by atoms with Gasteiger partial charge in [0.05, 0.1) is 18.3 Å². The van der Waals surface area contributed by atoms with Crippen LogP contribution in [-0.4, -0.2) is 35.7 Å². The largest absolute Gasteiger partial charge is 0.507 e. The van der Waals surface area contributed by atoms with E-state index in [9.17, 15) is 9.90 Å². The summed E-state index contributed by atoms with van der Waals surface area (Å²) >= 11 is 0. The highest BCUT2D eigenvalue weighted by molar-refractivity contribution is 5.89. The molecule has 0 spiro atoms. The lowest BCUT2D eigenvalue weighted by Crippen LogP contribution is -2.36. The average Bonchev–Trinajstić information content (AvgIpc) is 2.83. The topological polar surface area (TPSA) is 65.0 Å². The third kappa shape index (κ3) is 2.91. The molecule has 0 amide bonds. The van der Waals surface area contributed by atoms with E-state index in [2.05, 4.69) is 20.8 Å². The molecular weight excluding hydrogens is 320 g/mol. The quantitative estimate of drug-likeness (QED) is 0.782. The van der Waals surface area contributed by atoms with Gasteiger partial charge in [-0.15, -0.1) is 0 Å². The molecular formula is C20H30O5. The van der Waals surface area contributed by atoms with Gasteiger partial charge in [0.1, 0.15) is 11.9 Å². The predicted molar refractivity (Wildman–Crippen MR) is 93.9 cm³/mol. The maximum absolute atomic E-state index is 12.2. The number of hydrogen-bond donors (Lipinski definition) is 1. The van der Waals surface area contributed by atoms with Crippen LogP contribution in [0.5, 0.6) is 0 Å². The third-order valence-corrected chi connectivity index (χ3v) is 5.92. The number of carbonyl (C=O) groups excluding carboxylic acids is 1. The number of aliphatic hydroxyl groups is 1. The molecule has 3 aliphatic rings. The lowest BCUT2D eigenvalue weighted by atomic mass is 9.69. The summed E-state index contributed by atoms with van der Waals surface area (Å²) in [6, 6.07) is 0. The first-order valence-electron chi connectivity index (χ1n) is 9.27. The number of aliphatic hydroxyl groups excluding tert-OH is 1. The van der Waals surface area contributed by atoms with Crippen LogP contribution in [0.1, 0.15) is 54.4 Å². The Hall–Kier alpha value is -1.33. The average molecular weight is 350 g/mol. The van der Waals surface area contributed by atoms with Crippen LogP contribution in [0.4, 0.5) is 0 Å². The molecule has 2 aliphatic carbocycles. The molecule has 0 aromatic rings. The number of rotatable bonds is 3. The molecule has 2 fully saturated rings. The van der Waals surface area contributed by atoms with Crippen molar-refractivity contribution in [3.8, 4) is 0 Å². The molecule has 1 saturated carbocycles. The van der Waals surface area contributed by atoms with E-state index in [0.717, 1.165) is 12.0 Å². The van der Waals surface area contributed by atoms with Crippen molar-refractivity contribution in [3.63, 3.8) is 0 Å². The zero-order valence-corrected chi connectivity index (χ0v) is 16.1. The Bertz CT molecular complexity index is 630. The van der Waals surface area contributed by atoms with E-state index >= 15 is 0 Å². The van der Waals surface area contributed by atoms with Crippen molar-refractivity contribution in [1.82, 2.24) is 0 Å². The summed E-state index contributed by atoms with van der Waals surface area (Å²) in [7, 11) is 0. The van der Waals surface area contributed by atoms with Crippen molar-refractivity contribution >= 4 is 5.97 Å². The maximum atomic E-state index is 12.2. The number of ether oxygens (including phenoxy) is 3. The van der Waals surface area contributed by atoms with Crippen molar-refractivity contribution in [1.29, 1.82) is 0 Å². The summed E-state index contributed by atoms with van der Waals surface area (Å²) in [4.78, 5) is 12.2. The molecule has 1 aliphatic heterocycles. The molecule has 4 atom stereocenters. The highest BCUT2D eigenvalue weighted by Gasteiger charge is 2.62. The molecule has 0 aromatic heterocycles. The Morgan fingerprint density at radius 3 is 2.64 bits per heavy atom. The van der Waals surface area contributed by atoms with Crippen molar-refractivity contribution in [2.45, 2.75) is 72.4 Å². The molecule has 3 rings (SSSR count). The van der Waals surface area contributed by atoms with Gasteiger partial charge in [0.2, 0.25) is 0 Å². The molecule has 0 aromatic carbocycles. The van der Waals surface area contributed by atoms with Crippen LogP contribution in [0, 0.1) is 17.3 Å². The van der Waals surface area contributed by atoms with Crippen molar-refractivity contribution < 1.29 is 24.1 Å². The van der Waals surface area contributed by atoms with Crippen molar-refractivity contribution in [2.24, 2.45) is 17.3 Å². The first-order valence-corrected chi connectivity index (χ1v) is 9.27. The summed E-state index contributed by atoms with van der Waals surface area (Å²) in [6.45, 7) is 12.5. The van der Waals surface area contributed by atoms with Gasteiger partial charge in [0.15, 0.2) is 5.79 Å². The lowest BCUT2D eigenvalue weighted by Gasteiger charge is -2.38. The number of hydrogen-bond acceptors (Lipinski definition) is 5. The van der Waals surface area contributed by atoms with E-state index in [0.29, 0.717) is 24.5 Å². The number of allylic oxidation sites excluding steroid dienone is 1. The van der Waals surface area contributed by atoms with Crippen LogP contribution >= 0.6 is 0 Å². The molecule has 1 N–H and O–H groups in total. The first-order chi connectivity index (χ1) is 11.6. The third-order valence-electron chi connectivity index (χ3n) is 5.92. The monoisotopic (exact) mass is 350 g/mol. The van der Waals surface area contributed by atoms with Gasteiger partial charge in [-0.3, -0.25) is 0 Å². The second kappa shape index (κ2) is 6.13. The van der Waals surface area contributed by atoms with Gasteiger partial charge in [-0.25, -0.2) is 4.79 Å². The van der Waals surface area contributed by atoms with E-state index in [1.54, 1.807) is 13.0 Å². The van der Waals surface area contributed by atoms with Crippen LogP contribution in [0.15, 0.2) is 23.0 Å². The summed E-state index contributed by atoms with van der Waals surface area (Å²) in [6.07, 6.45) is 2.79. The van der Waals surface area contributed by atoms with Gasteiger partial charge in [0, 0.05) is 0 Å². The molecule has 0 bridgehead atoms. The Labute approximate surface area is 150 Å². The number of esters is 1. The fourth-order valence-electron chi connectivity index (χ4n) is 5.02. The van der Waals surface area contributed by atoms with Gasteiger partial charge in [-0.1, -0.05) is 20.8 Å². The van der Waals surface area contributed by atoms with Gasteiger partial charge >= 0.3 is 5.97 Å². The van der Waals surface area contributed by atoms with Crippen LogP contribution < -0.4 is 0 Å². The van der Waals surface area contributed by atoms with E-state index < -0.39 is 11.8 Å². The van der Waals surface area contributed by atoms with Crippen LogP contribution in [-0.2, 0) is 19.0 Å². The van der Waals surface area contributed by atoms with Crippen LogP contribution in [0.3, 0.4) is 0 Å². The van der Waals surface area contributed by atoms with E-state index in [4.69, 9.17) is 14.2 Å². The van der Waals surface area contributed by atoms with Gasteiger partial charge < -0.3 is 19.3 Å². The van der Waals surface area contributed by atoms with Crippen LogP contribution in [0.25, 0.3) is 0 Å². The molecule has 0 unspecified atom stereocenters. The minimum absolute atomic E-state index is 0.00800. The summed E-state index contributed by atoms with van der Waals surface area (Å²) < 4.78 is 17.5. The number of carbonyl (C=O) groups is 1. The lowest BCUT2D eigenvalue weighted by molar-refractivity contribution is -0.162. The van der Waals surface area contributed by atoms with Gasteiger partial charge in [-0.2, -0.15) is 0 Å². The molecule has 140 valence electrons. The summed E-state index contributed by atoms with van der Waals surface area (Å²) in [5.41, 5.74) is 1.23. The molecule has 25 heavy (non-hydrogen) atoms. The predicted octanol–water partition coefficient (Wildman–Crippen LogP) is 3.89. The van der Waals surface area contributed by atoms with Gasteiger partial charge in [-0.05, 0) is 62.5 Å². The van der Waals surface area contributed by atoms with Gasteiger partial charge in [0.25, 0.3) is 0 Å². The minimum atomic E-state index is -0.639. The molecule has 5 heteroatoms. The minimum Gasteiger partial charge on any atom is -0.507 e. The zero-order valence-electron chi connectivity index (χ0n) is 16.1. The van der Waals surface area contributed by atoms with Crippen molar-refractivity contribution in [2.75, 3.05) is 6.61 Å². The Morgan fingerprint density at radius 2 is 2.04 bits per heavy atom. The SMILES string of the molecule is CCOC(=O)C1=C(O)C=C2[C@H]3OC(C)(C)O[C@H]3[C@H](C(C)C)[C@@]2(C)CC1. The molecule has 1 saturated heterocycles. The second-order valence-electron chi connectivity index (χ2n) is 8.39. The van der Waals surface area contributed by atoms with Crippen LogP contribution in [0.2, 0.25) is 0 Å². The summed E-state index contributed by atoms with van der Waals surface area (Å²) in [5, 5.41) is 10.6. The number of fused-ring (bicyclic) bond motifs is 3. The fourth-order valence-corrected chi connectivity index (χ4v) is 5.02. The first kappa shape index (κ1) is 18.5. The normalized spacial score (nSPS) is 36.8. The zero-order chi connectivity index (χ0) is 18.6. The Kier molecular flexibility index (Phi) is 4.53. The van der Waals surface area contributed by atoms with E-state index in [-0.39, 0.29) is 29.3 Å². The Morgan fingerprint density at radius 1 is 1.36 bits per heavy atom. The fraction of sp³-hybridized carbons (Fsp3) is 0.750. The highest BCUT2D eigenvalue weighted by atomic mass is 16.8. The highest BCUT2D eigenvalue weighted by Crippen LogP contribution is 2.60. The van der Waals surface area contributed by atoms with E-state index in [1.807, 2.05) is 13.8 Å². The Balaban J connectivity index is 2.04. The summed E-state index contributed by atoms with van der Waals surface area (Å²) in [5.74, 6) is -0.400. The molecule has 5 nitrogen and oxygen atoms in total. The standard InChI is InChI=1S/C20H30O5/c1-7-23-18(22)12-8-9-20(6)13(10-14(12)21)16-17(15(20)11(2)3)25-19(4,5)24-16/h10-11,15-17,21H,7-9H2,1-6H3/t15-,16+,17-,20-/m0/s1. The molecule has 1 heterocycles. The van der Waals surface area contributed by atoms with E-state index in [1.165, 1.54) is 0 Å². The molecule has 0 radical (unpaired) electrons. The smallest absolute Gasteiger partial charge is 0.337 e. The second-order valence-corrected chi connectivity index (χ2v) is 8.39. The maximum Gasteiger partial charge on any atom is 0.337 e. The van der Waals surface area contributed by atoms with Crippen molar-refractivity contribution in [3.05, 3.63) is 23.0 Å².